The molecule has 0 aliphatic heterocycles. The predicted molar refractivity (Wildman–Crippen MR) is 113 cm³/mol. The molecule has 0 aliphatic rings. The summed E-state index contributed by atoms with van der Waals surface area (Å²) < 4.78 is 5.87. The quantitative estimate of drug-likeness (QED) is 0.438. The van der Waals surface area contributed by atoms with Gasteiger partial charge < -0.3 is 10.1 Å². The van der Waals surface area contributed by atoms with Gasteiger partial charge in [-0.15, -0.1) is 0 Å². The number of rotatable bonds is 8. The summed E-state index contributed by atoms with van der Waals surface area (Å²) in [6.45, 7) is 0.564. The minimum atomic E-state index is -0.256. The second-order valence-electron chi connectivity index (χ2n) is 5.97. The van der Waals surface area contributed by atoms with Gasteiger partial charge in [-0.3, -0.25) is 4.79 Å². The summed E-state index contributed by atoms with van der Waals surface area (Å²) in [4.78, 5) is 11.9. The first-order valence-electron chi connectivity index (χ1n) is 8.78. The number of carbonyl (C=O) groups is 1. The fourth-order valence-electron chi connectivity index (χ4n) is 2.42. The van der Waals surface area contributed by atoms with Crippen molar-refractivity contribution < 1.29 is 9.53 Å². The smallest absolute Gasteiger partial charge is 0.259 e. The molecule has 0 saturated heterocycles. The number of carbonyl (C=O) groups excluding carboxylic acids is 1. The maximum Gasteiger partial charge on any atom is 0.259 e. The van der Waals surface area contributed by atoms with Crippen molar-refractivity contribution in [2.75, 3.05) is 11.9 Å². The van der Waals surface area contributed by atoms with Crippen LogP contribution < -0.4 is 15.5 Å². The highest BCUT2D eigenvalue weighted by Crippen LogP contribution is 2.17. The van der Waals surface area contributed by atoms with E-state index in [0.29, 0.717) is 17.4 Å². The van der Waals surface area contributed by atoms with Gasteiger partial charge in [0.1, 0.15) is 12.4 Å². The van der Waals surface area contributed by atoms with Crippen molar-refractivity contribution in [2.45, 2.75) is 6.61 Å². The number of para-hydroxylation sites is 1. The summed E-state index contributed by atoms with van der Waals surface area (Å²) in [5.74, 6) is 0.442. The number of nitrogens with zero attached hydrogens (tertiary/aromatic N) is 1. The van der Waals surface area contributed by atoms with Crippen molar-refractivity contribution >= 4 is 29.4 Å². The molecule has 5 nitrogen and oxygen atoms in total. The molecule has 0 spiro atoms. The minimum Gasteiger partial charge on any atom is -0.488 e. The molecule has 2 N–H and O–H groups in total. The molecule has 0 radical (unpaired) electrons. The molecule has 0 unspecified atom stereocenters. The summed E-state index contributed by atoms with van der Waals surface area (Å²) in [7, 11) is 0. The molecule has 0 atom stereocenters. The van der Waals surface area contributed by atoms with E-state index in [0.717, 1.165) is 16.8 Å². The standard InChI is InChI=1S/C22H20ClN3O2/c23-19-10-12-20(13-11-19)24-15-22(27)26-25-14-18-8-4-5-9-21(18)28-16-17-6-2-1-3-7-17/h1-14,24H,15-16H2,(H,26,27). The van der Waals surface area contributed by atoms with Gasteiger partial charge in [-0.25, -0.2) is 5.43 Å². The van der Waals surface area contributed by atoms with Crippen LogP contribution in [0.3, 0.4) is 0 Å². The molecule has 1 amide bonds. The number of anilines is 1. The largest absolute Gasteiger partial charge is 0.488 e. The Labute approximate surface area is 169 Å². The summed E-state index contributed by atoms with van der Waals surface area (Å²) >= 11 is 5.83. The van der Waals surface area contributed by atoms with Crippen LogP contribution in [-0.2, 0) is 11.4 Å². The number of hydrazone groups is 1. The van der Waals surface area contributed by atoms with Crippen LogP contribution in [0.5, 0.6) is 5.75 Å². The lowest BCUT2D eigenvalue weighted by molar-refractivity contribution is -0.119. The molecule has 0 aliphatic carbocycles. The van der Waals surface area contributed by atoms with Gasteiger partial charge in [-0.1, -0.05) is 54.1 Å². The zero-order valence-corrected chi connectivity index (χ0v) is 15.9. The molecule has 0 heterocycles. The van der Waals surface area contributed by atoms with Gasteiger partial charge in [0.25, 0.3) is 5.91 Å². The van der Waals surface area contributed by atoms with E-state index in [2.05, 4.69) is 15.8 Å². The Morgan fingerprint density at radius 3 is 2.46 bits per heavy atom. The maximum absolute atomic E-state index is 11.9. The van der Waals surface area contributed by atoms with E-state index in [9.17, 15) is 4.79 Å². The van der Waals surface area contributed by atoms with Crippen molar-refractivity contribution in [3.05, 3.63) is 95.0 Å². The van der Waals surface area contributed by atoms with Gasteiger partial charge in [-0.2, -0.15) is 5.10 Å². The summed E-state index contributed by atoms with van der Waals surface area (Å²) in [6.07, 6.45) is 1.57. The Kier molecular flexibility index (Phi) is 7.04. The highest BCUT2D eigenvalue weighted by Gasteiger charge is 2.03. The molecule has 6 heteroatoms. The van der Waals surface area contributed by atoms with Crippen LogP contribution in [-0.4, -0.2) is 18.7 Å². The van der Waals surface area contributed by atoms with E-state index < -0.39 is 0 Å². The third-order valence-corrected chi connectivity index (χ3v) is 4.10. The van der Waals surface area contributed by atoms with E-state index in [4.69, 9.17) is 16.3 Å². The molecule has 0 fully saturated rings. The molecule has 0 aromatic heterocycles. The monoisotopic (exact) mass is 393 g/mol. The number of hydrogen-bond acceptors (Lipinski definition) is 4. The lowest BCUT2D eigenvalue weighted by atomic mass is 10.2. The summed E-state index contributed by atoms with van der Waals surface area (Å²) in [5.41, 5.74) is 5.17. The van der Waals surface area contributed by atoms with Gasteiger partial charge in [0.2, 0.25) is 0 Å². The molecule has 3 aromatic carbocycles. The van der Waals surface area contributed by atoms with E-state index in [1.54, 1.807) is 30.5 Å². The molecule has 3 aromatic rings. The van der Waals surface area contributed by atoms with Crippen LogP contribution in [0.2, 0.25) is 5.02 Å². The molecule has 28 heavy (non-hydrogen) atoms. The lowest BCUT2D eigenvalue weighted by Crippen LogP contribution is -2.25. The second kappa shape index (κ2) is 10.1. The fraction of sp³-hybridized carbons (Fsp3) is 0.0909. The number of halogens is 1. The molecule has 3 rings (SSSR count). The summed E-state index contributed by atoms with van der Waals surface area (Å²) in [5, 5.41) is 7.66. The number of amides is 1. The molecule has 0 bridgehead atoms. The third-order valence-electron chi connectivity index (χ3n) is 3.85. The van der Waals surface area contributed by atoms with Gasteiger partial charge >= 0.3 is 0 Å². The Bertz CT molecular complexity index is 928. The van der Waals surface area contributed by atoms with Gasteiger partial charge in [-0.05, 0) is 42.0 Å². The van der Waals surface area contributed by atoms with Crippen LogP contribution in [0.15, 0.2) is 84.0 Å². The van der Waals surface area contributed by atoms with Crippen molar-refractivity contribution in [3.8, 4) is 5.75 Å². The summed E-state index contributed by atoms with van der Waals surface area (Å²) in [6, 6.07) is 24.6. The van der Waals surface area contributed by atoms with E-state index in [1.165, 1.54) is 0 Å². The first kappa shape index (κ1) is 19.5. The Hall–Kier alpha value is -3.31. The Morgan fingerprint density at radius 2 is 1.68 bits per heavy atom. The van der Waals surface area contributed by atoms with Crippen LogP contribution in [0.4, 0.5) is 5.69 Å². The number of nitrogens with one attached hydrogen (secondary N) is 2. The lowest BCUT2D eigenvalue weighted by Gasteiger charge is -2.09. The van der Waals surface area contributed by atoms with Crippen molar-refractivity contribution in [1.82, 2.24) is 5.43 Å². The molecule has 0 saturated carbocycles. The average molecular weight is 394 g/mol. The van der Waals surface area contributed by atoms with Crippen LogP contribution in [0.25, 0.3) is 0 Å². The van der Waals surface area contributed by atoms with Gasteiger partial charge in [0.15, 0.2) is 0 Å². The van der Waals surface area contributed by atoms with Crippen LogP contribution in [0, 0.1) is 0 Å². The average Bonchev–Trinajstić information content (AvgIpc) is 2.73. The van der Waals surface area contributed by atoms with Crippen LogP contribution >= 0.6 is 11.6 Å². The fourth-order valence-corrected chi connectivity index (χ4v) is 2.54. The molecule has 142 valence electrons. The normalized spacial score (nSPS) is 10.6. The first-order chi connectivity index (χ1) is 13.7. The zero-order valence-electron chi connectivity index (χ0n) is 15.1. The van der Waals surface area contributed by atoms with Gasteiger partial charge in [0, 0.05) is 16.3 Å². The molecular weight excluding hydrogens is 374 g/mol. The SMILES string of the molecule is O=C(CNc1ccc(Cl)cc1)NN=Cc1ccccc1OCc1ccccc1. The Morgan fingerprint density at radius 1 is 0.964 bits per heavy atom. The number of benzene rings is 3. The van der Waals surface area contributed by atoms with Crippen molar-refractivity contribution in [2.24, 2.45) is 5.10 Å². The van der Waals surface area contributed by atoms with Gasteiger partial charge in [0.05, 0.1) is 12.8 Å². The van der Waals surface area contributed by atoms with Crippen molar-refractivity contribution in [1.29, 1.82) is 0 Å². The number of ether oxygens (including phenoxy) is 1. The van der Waals surface area contributed by atoms with Crippen molar-refractivity contribution in [3.63, 3.8) is 0 Å². The third kappa shape index (κ3) is 6.14. The van der Waals surface area contributed by atoms with E-state index in [1.807, 2.05) is 54.6 Å². The maximum atomic E-state index is 11.9. The van der Waals surface area contributed by atoms with E-state index >= 15 is 0 Å². The molecular formula is C22H20ClN3O2. The van der Waals surface area contributed by atoms with E-state index in [-0.39, 0.29) is 12.5 Å². The zero-order chi connectivity index (χ0) is 19.6. The second-order valence-corrected chi connectivity index (χ2v) is 6.40. The number of hydrogen-bond donors (Lipinski definition) is 2. The first-order valence-corrected chi connectivity index (χ1v) is 9.15. The minimum absolute atomic E-state index is 0.102. The topological polar surface area (TPSA) is 62.7 Å². The highest BCUT2D eigenvalue weighted by molar-refractivity contribution is 6.30. The Balaban J connectivity index is 1.50. The van der Waals surface area contributed by atoms with Crippen LogP contribution in [0.1, 0.15) is 11.1 Å². The predicted octanol–water partition coefficient (Wildman–Crippen LogP) is 4.48. The highest BCUT2D eigenvalue weighted by atomic mass is 35.5.